The van der Waals surface area contributed by atoms with Gasteiger partial charge in [0.2, 0.25) is 5.91 Å². The van der Waals surface area contributed by atoms with Crippen LogP contribution in [0.4, 0.5) is 0 Å². The normalized spacial score (nSPS) is 20.0. The predicted octanol–water partition coefficient (Wildman–Crippen LogP) is 2.12. The fourth-order valence-corrected chi connectivity index (χ4v) is 3.86. The average Bonchev–Trinajstić information content (AvgIpc) is 3.28. The first-order valence-electron chi connectivity index (χ1n) is 9.25. The smallest absolute Gasteiger partial charge is 0.228 e. The van der Waals surface area contributed by atoms with Crippen LogP contribution in [0.5, 0.6) is 0 Å². The number of fused-ring (bicyclic) bond motifs is 1. The van der Waals surface area contributed by atoms with Crippen LogP contribution in [0.15, 0.2) is 30.5 Å². The molecule has 26 heavy (non-hydrogen) atoms. The zero-order valence-electron chi connectivity index (χ0n) is 15.2. The van der Waals surface area contributed by atoms with E-state index in [1.54, 1.807) is 7.11 Å². The Morgan fingerprint density at radius 2 is 2.27 bits per heavy atom. The lowest BCUT2D eigenvalue weighted by Gasteiger charge is -2.23. The van der Waals surface area contributed by atoms with Gasteiger partial charge in [-0.1, -0.05) is 18.2 Å². The van der Waals surface area contributed by atoms with Gasteiger partial charge in [-0.15, -0.1) is 0 Å². The molecule has 3 heterocycles. The Kier molecular flexibility index (Phi) is 5.04. The van der Waals surface area contributed by atoms with E-state index >= 15 is 0 Å². The summed E-state index contributed by atoms with van der Waals surface area (Å²) < 4.78 is 12.9. The zero-order chi connectivity index (χ0) is 17.9. The number of amides is 1. The summed E-state index contributed by atoms with van der Waals surface area (Å²) in [5.74, 6) is 1.32. The van der Waals surface area contributed by atoms with Crippen molar-refractivity contribution in [2.75, 3.05) is 33.4 Å². The molecule has 4 rings (SSSR count). The lowest BCUT2D eigenvalue weighted by Crippen LogP contribution is -2.38. The van der Waals surface area contributed by atoms with E-state index in [-0.39, 0.29) is 11.8 Å². The first-order valence-corrected chi connectivity index (χ1v) is 9.25. The lowest BCUT2D eigenvalue weighted by atomic mass is 10.1. The van der Waals surface area contributed by atoms with Crippen molar-refractivity contribution in [3.05, 3.63) is 41.9 Å². The van der Waals surface area contributed by atoms with Gasteiger partial charge in [0.25, 0.3) is 0 Å². The van der Waals surface area contributed by atoms with Crippen molar-refractivity contribution in [1.82, 2.24) is 14.5 Å². The molecule has 1 aromatic carbocycles. The van der Waals surface area contributed by atoms with Gasteiger partial charge in [-0.25, -0.2) is 4.98 Å². The monoisotopic (exact) mass is 355 g/mol. The largest absolute Gasteiger partial charge is 0.381 e. The van der Waals surface area contributed by atoms with Gasteiger partial charge in [-0.2, -0.15) is 0 Å². The lowest BCUT2D eigenvalue weighted by molar-refractivity contribution is -0.135. The van der Waals surface area contributed by atoms with Gasteiger partial charge >= 0.3 is 0 Å². The molecule has 6 nitrogen and oxygen atoms in total. The molecular weight excluding hydrogens is 330 g/mol. The third kappa shape index (κ3) is 3.39. The van der Waals surface area contributed by atoms with Gasteiger partial charge in [-0.3, -0.25) is 4.79 Å². The molecule has 1 amide bonds. The van der Waals surface area contributed by atoms with Gasteiger partial charge < -0.3 is 18.9 Å². The van der Waals surface area contributed by atoms with E-state index in [0.717, 1.165) is 55.1 Å². The summed E-state index contributed by atoms with van der Waals surface area (Å²) >= 11 is 0. The number of carbonyl (C=O) groups is 1. The van der Waals surface area contributed by atoms with E-state index in [1.807, 2.05) is 11.1 Å². The van der Waals surface area contributed by atoms with Crippen LogP contribution in [-0.2, 0) is 33.8 Å². The summed E-state index contributed by atoms with van der Waals surface area (Å²) in [6.45, 7) is 4.10. The number of imidazole rings is 1. The second-order valence-electron chi connectivity index (χ2n) is 6.98. The zero-order valence-corrected chi connectivity index (χ0v) is 15.2. The van der Waals surface area contributed by atoms with E-state index in [4.69, 9.17) is 9.47 Å². The molecule has 1 aromatic heterocycles. The molecule has 138 valence electrons. The van der Waals surface area contributed by atoms with Gasteiger partial charge in [0.05, 0.1) is 31.0 Å². The topological polar surface area (TPSA) is 56.6 Å². The Balaban J connectivity index is 1.53. The van der Waals surface area contributed by atoms with Crippen LogP contribution in [0.3, 0.4) is 0 Å². The van der Waals surface area contributed by atoms with Crippen molar-refractivity contribution in [3.63, 3.8) is 0 Å². The Hall–Kier alpha value is -2.18. The number of aromatic nitrogens is 2. The highest BCUT2D eigenvalue weighted by molar-refractivity contribution is 5.79. The average molecular weight is 355 g/mol. The van der Waals surface area contributed by atoms with Gasteiger partial charge in [0, 0.05) is 45.3 Å². The maximum Gasteiger partial charge on any atom is 0.228 e. The summed E-state index contributed by atoms with van der Waals surface area (Å²) in [6.07, 6.45) is 3.58. The number of benzene rings is 1. The minimum atomic E-state index is 0.0330. The summed E-state index contributed by atoms with van der Waals surface area (Å²) in [7, 11) is 1.71. The predicted molar refractivity (Wildman–Crippen MR) is 97.6 cm³/mol. The number of carbonyl (C=O) groups excluding carboxylic acids is 1. The van der Waals surface area contributed by atoms with Crippen molar-refractivity contribution >= 4 is 5.91 Å². The summed E-state index contributed by atoms with van der Waals surface area (Å²) in [5.41, 5.74) is 3.39. The molecule has 2 aliphatic heterocycles. The molecule has 1 saturated heterocycles. The first-order chi connectivity index (χ1) is 12.8. The molecule has 0 N–H and O–H groups in total. The fourth-order valence-electron chi connectivity index (χ4n) is 3.86. The Labute approximate surface area is 153 Å². The number of methoxy groups -OCH3 is 1. The van der Waals surface area contributed by atoms with Crippen LogP contribution in [0.1, 0.15) is 17.8 Å². The third-order valence-corrected chi connectivity index (χ3v) is 5.26. The molecular formula is C20H25N3O3. The molecule has 0 radical (unpaired) electrons. The van der Waals surface area contributed by atoms with E-state index in [1.165, 1.54) is 0 Å². The Bertz CT molecular complexity index is 780. The maximum absolute atomic E-state index is 12.7. The molecule has 2 aliphatic rings. The van der Waals surface area contributed by atoms with E-state index < -0.39 is 0 Å². The van der Waals surface area contributed by atoms with Crippen LogP contribution in [0.2, 0.25) is 0 Å². The highest BCUT2D eigenvalue weighted by Crippen LogP contribution is 2.25. The number of nitrogens with zero attached hydrogens (tertiary/aromatic N) is 3. The van der Waals surface area contributed by atoms with Crippen LogP contribution in [0, 0.1) is 5.92 Å². The van der Waals surface area contributed by atoms with E-state index in [9.17, 15) is 4.79 Å². The maximum atomic E-state index is 12.7. The van der Waals surface area contributed by atoms with Crippen molar-refractivity contribution in [3.8, 4) is 11.3 Å². The molecule has 1 atom stereocenters. The first kappa shape index (κ1) is 17.2. The number of hydrogen-bond donors (Lipinski definition) is 0. The minimum Gasteiger partial charge on any atom is -0.381 e. The van der Waals surface area contributed by atoms with Gasteiger partial charge in [0.1, 0.15) is 5.82 Å². The van der Waals surface area contributed by atoms with Gasteiger partial charge in [-0.05, 0) is 18.1 Å². The van der Waals surface area contributed by atoms with Crippen LogP contribution < -0.4 is 0 Å². The van der Waals surface area contributed by atoms with E-state index in [0.29, 0.717) is 19.8 Å². The molecule has 2 aromatic rings. The number of hydrogen-bond acceptors (Lipinski definition) is 4. The van der Waals surface area contributed by atoms with Crippen LogP contribution in [-0.4, -0.2) is 53.8 Å². The molecule has 0 bridgehead atoms. The summed E-state index contributed by atoms with van der Waals surface area (Å²) in [4.78, 5) is 19.3. The van der Waals surface area contributed by atoms with Crippen molar-refractivity contribution < 1.29 is 14.3 Å². The Morgan fingerprint density at radius 3 is 3.08 bits per heavy atom. The highest BCUT2D eigenvalue weighted by Gasteiger charge is 2.29. The molecule has 1 fully saturated rings. The van der Waals surface area contributed by atoms with Crippen molar-refractivity contribution in [1.29, 1.82) is 0 Å². The standard InChI is InChI=1S/C20H25N3O3/c1-25-13-15-3-2-4-16(11-15)18-12-21-19-5-7-22(8-9-23(18)19)20(24)17-6-10-26-14-17/h2-4,11-12,17H,5-10,13-14H2,1H3/t17-/m1/s1. The van der Waals surface area contributed by atoms with Gasteiger partial charge in [0.15, 0.2) is 0 Å². The third-order valence-electron chi connectivity index (χ3n) is 5.26. The van der Waals surface area contributed by atoms with E-state index in [2.05, 4.69) is 33.8 Å². The summed E-state index contributed by atoms with van der Waals surface area (Å²) in [6, 6.07) is 8.37. The molecule has 0 aliphatic carbocycles. The number of rotatable bonds is 4. The molecule has 6 heteroatoms. The second kappa shape index (κ2) is 7.60. The number of ether oxygens (including phenoxy) is 2. The molecule has 0 spiro atoms. The highest BCUT2D eigenvalue weighted by atomic mass is 16.5. The van der Waals surface area contributed by atoms with Crippen molar-refractivity contribution in [2.24, 2.45) is 5.92 Å². The van der Waals surface area contributed by atoms with Crippen molar-refractivity contribution in [2.45, 2.75) is 26.0 Å². The van der Waals surface area contributed by atoms with Crippen LogP contribution >= 0.6 is 0 Å². The fraction of sp³-hybridized carbons (Fsp3) is 0.500. The molecule has 0 unspecified atom stereocenters. The molecule has 0 saturated carbocycles. The van der Waals surface area contributed by atoms with Crippen LogP contribution in [0.25, 0.3) is 11.3 Å². The quantitative estimate of drug-likeness (QED) is 0.843. The SMILES string of the molecule is COCc1cccc(-c2cnc3n2CCN(C(=O)[C@@H]2CCOC2)CC3)c1. The minimum absolute atomic E-state index is 0.0330. The second-order valence-corrected chi connectivity index (χ2v) is 6.98. The summed E-state index contributed by atoms with van der Waals surface area (Å²) in [5, 5.41) is 0. The Morgan fingerprint density at radius 1 is 1.35 bits per heavy atom.